The fraction of sp³-hybridized carbons (Fsp3) is 0.250. The van der Waals surface area contributed by atoms with E-state index in [4.69, 9.17) is 0 Å². The van der Waals surface area contributed by atoms with E-state index in [1.807, 2.05) is 85.1 Å². The molecule has 0 saturated carbocycles. The minimum absolute atomic E-state index is 0.212. The first-order valence-corrected chi connectivity index (χ1v) is 11.1. The molecule has 0 radical (unpaired) electrons. The molecule has 2 heterocycles. The summed E-state index contributed by atoms with van der Waals surface area (Å²) in [6.07, 6.45) is -1.24. The Hall–Kier alpha value is -3.16. The lowest BCUT2D eigenvalue weighted by atomic mass is 10.1. The van der Waals surface area contributed by atoms with Crippen molar-refractivity contribution in [3.05, 3.63) is 94.2 Å². The van der Waals surface area contributed by atoms with Crippen molar-refractivity contribution >= 4 is 23.3 Å². The lowest BCUT2D eigenvalue weighted by molar-refractivity contribution is -0.130. The number of thiophene rings is 1. The number of aliphatic hydroxyl groups excluding tert-OH is 1. The van der Waals surface area contributed by atoms with Crippen LogP contribution in [-0.2, 0) is 17.9 Å². The summed E-state index contributed by atoms with van der Waals surface area (Å²) in [5.41, 5.74) is 1.79. The van der Waals surface area contributed by atoms with Gasteiger partial charge in [-0.25, -0.2) is 4.79 Å². The number of nitrogens with zero attached hydrogens (tertiary/aromatic N) is 2. The summed E-state index contributed by atoms with van der Waals surface area (Å²) in [5, 5.41) is 16.0. The lowest BCUT2D eigenvalue weighted by Gasteiger charge is -2.25. The van der Waals surface area contributed by atoms with Crippen LogP contribution < -0.4 is 5.32 Å². The summed E-state index contributed by atoms with van der Waals surface area (Å²) >= 11 is 1.55. The van der Waals surface area contributed by atoms with E-state index in [0.717, 1.165) is 16.0 Å². The second-order valence-corrected chi connectivity index (χ2v) is 8.59. The van der Waals surface area contributed by atoms with E-state index in [-0.39, 0.29) is 31.1 Å². The first-order chi connectivity index (χ1) is 15.0. The Morgan fingerprint density at radius 3 is 2.10 bits per heavy atom. The van der Waals surface area contributed by atoms with Crippen LogP contribution in [0.3, 0.4) is 0 Å². The molecule has 3 aromatic rings. The van der Waals surface area contributed by atoms with Gasteiger partial charge >= 0.3 is 6.03 Å². The van der Waals surface area contributed by atoms with Crippen molar-refractivity contribution in [3.8, 4) is 0 Å². The van der Waals surface area contributed by atoms with Crippen molar-refractivity contribution in [1.82, 2.24) is 15.1 Å². The Kier molecular flexibility index (Phi) is 6.34. The van der Waals surface area contributed by atoms with Gasteiger partial charge in [0, 0.05) is 11.4 Å². The molecule has 1 aromatic heterocycles. The Labute approximate surface area is 185 Å². The van der Waals surface area contributed by atoms with Crippen LogP contribution in [0.25, 0.3) is 0 Å². The van der Waals surface area contributed by atoms with Crippen LogP contribution in [0.5, 0.6) is 0 Å². The Morgan fingerprint density at radius 1 is 0.968 bits per heavy atom. The topological polar surface area (TPSA) is 72.9 Å². The van der Waals surface area contributed by atoms with Crippen molar-refractivity contribution in [1.29, 1.82) is 0 Å². The van der Waals surface area contributed by atoms with Crippen molar-refractivity contribution in [2.45, 2.75) is 38.3 Å². The quantitative estimate of drug-likeness (QED) is 0.594. The summed E-state index contributed by atoms with van der Waals surface area (Å²) in [6, 6.07) is 21.3. The highest BCUT2D eigenvalue weighted by Crippen LogP contribution is 2.27. The monoisotopic (exact) mass is 435 g/mol. The molecule has 160 valence electrons. The number of benzene rings is 2. The first-order valence-electron chi connectivity index (χ1n) is 10.2. The maximum Gasteiger partial charge on any atom is 0.323 e. The van der Waals surface area contributed by atoms with Gasteiger partial charge in [0.05, 0.1) is 12.6 Å². The van der Waals surface area contributed by atoms with E-state index < -0.39 is 12.3 Å². The van der Waals surface area contributed by atoms with E-state index in [1.54, 1.807) is 11.3 Å². The second kappa shape index (κ2) is 9.32. The molecule has 31 heavy (non-hydrogen) atoms. The smallest absolute Gasteiger partial charge is 0.323 e. The second-order valence-electron chi connectivity index (χ2n) is 7.61. The van der Waals surface area contributed by atoms with Crippen LogP contribution in [0.2, 0.25) is 0 Å². The molecule has 2 aromatic carbocycles. The zero-order valence-corrected chi connectivity index (χ0v) is 18.0. The molecule has 1 unspecified atom stereocenters. The van der Waals surface area contributed by atoms with Crippen LogP contribution >= 0.6 is 11.3 Å². The molecule has 4 rings (SSSR count). The minimum Gasteiger partial charge on any atom is -0.371 e. The van der Waals surface area contributed by atoms with Crippen LogP contribution in [0.15, 0.2) is 78.2 Å². The molecular formula is C24H25N3O3S. The zero-order valence-electron chi connectivity index (χ0n) is 17.2. The predicted molar refractivity (Wildman–Crippen MR) is 120 cm³/mol. The van der Waals surface area contributed by atoms with E-state index in [2.05, 4.69) is 5.32 Å². The fourth-order valence-corrected chi connectivity index (χ4v) is 4.53. The van der Waals surface area contributed by atoms with Crippen molar-refractivity contribution in [3.63, 3.8) is 0 Å². The lowest BCUT2D eigenvalue weighted by Crippen LogP contribution is -2.49. The predicted octanol–water partition coefficient (Wildman–Crippen LogP) is 3.75. The van der Waals surface area contributed by atoms with Gasteiger partial charge in [0.25, 0.3) is 0 Å². The molecule has 7 heteroatoms. The number of hydrogen-bond donors (Lipinski definition) is 2. The maximum absolute atomic E-state index is 13.3. The van der Waals surface area contributed by atoms with Gasteiger partial charge in [-0.2, -0.15) is 0 Å². The number of carbonyl (C=O) groups excluding carboxylic acids is 2. The largest absolute Gasteiger partial charge is 0.371 e. The van der Waals surface area contributed by atoms with Crippen molar-refractivity contribution < 1.29 is 14.7 Å². The standard InChI is InChI=1S/C24H25N3O3S/c1-17(20-13-8-14-31-20)25-22(28)21-23(29)27(16-19-11-6-3-7-12-19)24(30)26(21)15-18-9-4-2-5-10-18/h2-14,17,21,23,29H,15-16H2,1H3,(H,25,28)/t17?,21-,23+/m0/s1. The number of hydrogen-bond acceptors (Lipinski definition) is 4. The number of aliphatic hydroxyl groups is 1. The van der Waals surface area contributed by atoms with Gasteiger partial charge in [0.15, 0.2) is 12.3 Å². The third-order valence-corrected chi connectivity index (χ3v) is 6.47. The number of urea groups is 1. The van der Waals surface area contributed by atoms with Gasteiger partial charge in [-0.15, -0.1) is 11.3 Å². The normalized spacial score (nSPS) is 19.5. The molecule has 1 fully saturated rings. The van der Waals surface area contributed by atoms with E-state index in [0.29, 0.717) is 0 Å². The molecule has 0 spiro atoms. The molecular weight excluding hydrogens is 410 g/mol. The van der Waals surface area contributed by atoms with E-state index >= 15 is 0 Å². The molecule has 0 aliphatic carbocycles. The first kappa shape index (κ1) is 21.1. The maximum atomic E-state index is 13.3. The van der Waals surface area contributed by atoms with Gasteiger partial charge < -0.3 is 15.3 Å². The SMILES string of the molecule is CC(NC(=O)[C@H]1[C@@H](O)N(Cc2ccccc2)C(=O)N1Cc1ccccc1)c1cccs1. The molecule has 1 aliphatic rings. The Morgan fingerprint density at radius 2 is 1.55 bits per heavy atom. The van der Waals surface area contributed by atoms with Gasteiger partial charge in [-0.1, -0.05) is 66.7 Å². The Balaban J connectivity index is 1.58. The van der Waals surface area contributed by atoms with Crippen LogP contribution in [0.1, 0.15) is 29.0 Å². The number of nitrogens with one attached hydrogen (secondary N) is 1. The molecule has 0 bridgehead atoms. The highest BCUT2D eigenvalue weighted by molar-refractivity contribution is 7.10. The van der Waals surface area contributed by atoms with Gasteiger partial charge in [0.1, 0.15) is 0 Å². The van der Waals surface area contributed by atoms with Crippen molar-refractivity contribution in [2.24, 2.45) is 0 Å². The summed E-state index contributed by atoms with van der Waals surface area (Å²) in [6.45, 7) is 2.38. The molecule has 3 atom stereocenters. The molecule has 1 aliphatic heterocycles. The van der Waals surface area contributed by atoms with Gasteiger partial charge in [-0.05, 0) is 29.5 Å². The van der Waals surface area contributed by atoms with Crippen molar-refractivity contribution in [2.75, 3.05) is 0 Å². The third-order valence-electron chi connectivity index (χ3n) is 5.42. The zero-order chi connectivity index (χ0) is 21.8. The average Bonchev–Trinajstić information content (AvgIpc) is 3.39. The Bertz CT molecular complexity index is 1010. The highest BCUT2D eigenvalue weighted by atomic mass is 32.1. The van der Waals surface area contributed by atoms with Gasteiger partial charge in [-0.3, -0.25) is 9.69 Å². The summed E-state index contributed by atoms with van der Waals surface area (Å²) in [4.78, 5) is 30.3. The molecule has 6 nitrogen and oxygen atoms in total. The number of carbonyl (C=O) groups is 2. The molecule has 3 amide bonds. The van der Waals surface area contributed by atoms with E-state index in [1.165, 1.54) is 9.80 Å². The summed E-state index contributed by atoms with van der Waals surface area (Å²) in [5.74, 6) is -0.367. The summed E-state index contributed by atoms with van der Waals surface area (Å²) in [7, 11) is 0. The van der Waals surface area contributed by atoms with E-state index in [9.17, 15) is 14.7 Å². The molecule has 1 saturated heterocycles. The fourth-order valence-electron chi connectivity index (χ4n) is 3.80. The van der Waals surface area contributed by atoms with Crippen LogP contribution in [-0.4, -0.2) is 39.1 Å². The summed E-state index contributed by atoms with van der Waals surface area (Å²) < 4.78 is 0. The minimum atomic E-state index is -1.24. The average molecular weight is 436 g/mol. The highest BCUT2D eigenvalue weighted by Gasteiger charge is 2.48. The van der Waals surface area contributed by atoms with Gasteiger partial charge in [0.2, 0.25) is 5.91 Å². The number of rotatable bonds is 7. The van der Waals surface area contributed by atoms with Crippen LogP contribution in [0.4, 0.5) is 4.79 Å². The van der Waals surface area contributed by atoms with Crippen LogP contribution in [0, 0.1) is 0 Å². The third kappa shape index (κ3) is 4.62. The molecule has 2 N–H and O–H groups in total. The number of amides is 3.